The summed E-state index contributed by atoms with van der Waals surface area (Å²) in [6, 6.07) is 5.22. The molecule has 0 aromatic heterocycles. The molecule has 0 spiro atoms. The molecule has 1 N–H and O–H groups in total. The molecule has 0 fully saturated rings. The van der Waals surface area contributed by atoms with E-state index in [0.29, 0.717) is 6.04 Å². The molecular formula is C14H21ClFN. The first kappa shape index (κ1) is 14.3. The van der Waals surface area contributed by atoms with Gasteiger partial charge in [0.05, 0.1) is 5.02 Å². The Morgan fingerprint density at radius 2 is 2.06 bits per heavy atom. The molecule has 0 saturated carbocycles. The van der Waals surface area contributed by atoms with Crippen molar-refractivity contribution in [2.45, 2.75) is 52.0 Å². The molecule has 1 aromatic carbocycles. The molecule has 0 aliphatic rings. The van der Waals surface area contributed by atoms with Crippen molar-refractivity contribution in [3.05, 3.63) is 29.0 Å². The number of nitrogens with one attached hydrogen (secondary N) is 1. The Bertz CT molecular complexity index is 341. The van der Waals surface area contributed by atoms with E-state index in [1.54, 1.807) is 6.07 Å². The molecule has 1 nitrogen and oxygen atoms in total. The minimum absolute atomic E-state index is 0.172. The normalized spacial score (nSPS) is 12.5. The highest BCUT2D eigenvalue weighted by molar-refractivity contribution is 6.30. The largest absolute Gasteiger partial charge is 0.383 e. The fourth-order valence-corrected chi connectivity index (χ4v) is 1.94. The fourth-order valence-electron chi connectivity index (χ4n) is 1.82. The Kier molecular flexibility index (Phi) is 6.35. The number of hydrogen-bond acceptors (Lipinski definition) is 1. The molecule has 1 aromatic rings. The van der Waals surface area contributed by atoms with E-state index in [2.05, 4.69) is 19.2 Å². The lowest BCUT2D eigenvalue weighted by Gasteiger charge is -2.15. The second-order valence-corrected chi connectivity index (χ2v) is 4.93. The topological polar surface area (TPSA) is 12.0 Å². The Balaban J connectivity index is 2.34. The van der Waals surface area contributed by atoms with Crippen LogP contribution >= 0.6 is 11.6 Å². The standard InChI is InChI=1S/C14H21ClFN/c1-3-4-5-6-7-11(2)17-12-8-9-13(15)14(16)10-12/h8-11,17H,3-7H2,1-2H3. The van der Waals surface area contributed by atoms with Crippen LogP contribution in [0.2, 0.25) is 5.02 Å². The molecule has 0 amide bonds. The van der Waals surface area contributed by atoms with Gasteiger partial charge in [-0.05, 0) is 31.5 Å². The van der Waals surface area contributed by atoms with Crippen molar-refractivity contribution in [2.75, 3.05) is 5.32 Å². The highest BCUT2D eigenvalue weighted by Gasteiger charge is 2.04. The summed E-state index contributed by atoms with van der Waals surface area (Å²) in [5.74, 6) is -0.366. The minimum Gasteiger partial charge on any atom is -0.383 e. The van der Waals surface area contributed by atoms with Gasteiger partial charge in [0.2, 0.25) is 0 Å². The van der Waals surface area contributed by atoms with Gasteiger partial charge in [-0.3, -0.25) is 0 Å². The predicted molar refractivity (Wildman–Crippen MR) is 73.3 cm³/mol. The van der Waals surface area contributed by atoms with E-state index in [4.69, 9.17) is 11.6 Å². The lowest BCUT2D eigenvalue weighted by Crippen LogP contribution is -2.14. The Morgan fingerprint density at radius 1 is 1.29 bits per heavy atom. The van der Waals surface area contributed by atoms with E-state index in [1.807, 2.05) is 6.07 Å². The van der Waals surface area contributed by atoms with Gasteiger partial charge in [-0.25, -0.2) is 4.39 Å². The average Bonchev–Trinajstić information content (AvgIpc) is 2.30. The van der Waals surface area contributed by atoms with E-state index in [1.165, 1.54) is 31.7 Å². The summed E-state index contributed by atoms with van der Waals surface area (Å²) in [5, 5.41) is 3.46. The van der Waals surface area contributed by atoms with Gasteiger partial charge >= 0.3 is 0 Å². The summed E-state index contributed by atoms with van der Waals surface area (Å²) >= 11 is 5.63. The van der Waals surface area contributed by atoms with Gasteiger partial charge in [0.25, 0.3) is 0 Å². The van der Waals surface area contributed by atoms with Crippen LogP contribution in [0.1, 0.15) is 46.0 Å². The summed E-state index contributed by atoms with van der Waals surface area (Å²) in [6.45, 7) is 4.33. The molecule has 3 heteroatoms. The van der Waals surface area contributed by atoms with Crippen LogP contribution < -0.4 is 5.32 Å². The van der Waals surface area contributed by atoms with E-state index in [-0.39, 0.29) is 10.8 Å². The number of unbranched alkanes of at least 4 members (excludes halogenated alkanes) is 3. The van der Waals surface area contributed by atoms with E-state index < -0.39 is 0 Å². The first-order valence-corrected chi connectivity index (χ1v) is 6.73. The van der Waals surface area contributed by atoms with Crippen LogP contribution in [0.15, 0.2) is 18.2 Å². The van der Waals surface area contributed by atoms with Crippen molar-refractivity contribution in [2.24, 2.45) is 0 Å². The predicted octanol–water partition coefficient (Wildman–Crippen LogP) is 5.25. The fraction of sp³-hybridized carbons (Fsp3) is 0.571. The van der Waals surface area contributed by atoms with Crippen LogP contribution in [-0.2, 0) is 0 Å². The second kappa shape index (κ2) is 7.54. The summed E-state index contributed by atoms with van der Waals surface area (Å²) < 4.78 is 13.2. The molecule has 0 bridgehead atoms. The maximum atomic E-state index is 13.2. The quantitative estimate of drug-likeness (QED) is 0.658. The van der Waals surface area contributed by atoms with Crippen molar-refractivity contribution in [1.82, 2.24) is 0 Å². The summed E-state index contributed by atoms with van der Waals surface area (Å²) in [4.78, 5) is 0. The highest BCUT2D eigenvalue weighted by Crippen LogP contribution is 2.20. The number of halogens is 2. The van der Waals surface area contributed by atoms with Crippen molar-refractivity contribution in [3.8, 4) is 0 Å². The number of benzene rings is 1. The minimum atomic E-state index is -0.366. The lowest BCUT2D eigenvalue weighted by molar-refractivity contribution is 0.593. The van der Waals surface area contributed by atoms with Gasteiger partial charge in [-0.1, -0.05) is 44.2 Å². The van der Waals surface area contributed by atoms with Gasteiger partial charge in [0.15, 0.2) is 0 Å². The lowest BCUT2D eigenvalue weighted by atomic mass is 10.1. The highest BCUT2D eigenvalue weighted by atomic mass is 35.5. The third-order valence-corrected chi connectivity index (χ3v) is 3.13. The molecule has 1 unspecified atom stereocenters. The number of anilines is 1. The first-order valence-electron chi connectivity index (χ1n) is 6.35. The van der Waals surface area contributed by atoms with Gasteiger partial charge in [-0.2, -0.15) is 0 Å². The third kappa shape index (κ3) is 5.40. The van der Waals surface area contributed by atoms with Crippen molar-refractivity contribution in [1.29, 1.82) is 0 Å². The van der Waals surface area contributed by atoms with Crippen LogP contribution in [0.5, 0.6) is 0 Å². The molecular weight excluding hydrogens is 237 g/mol. The molecule has 1 rings (SSSR count). The summed E-state index contributed by atoms with van der Waals surface area (Å²) in [6.07, 6.45) is 6.16. The molecule has 1 atom stereocenters. The first-order chi connectivity index (χ1) is 8.13. The van der Waals surface area contributed by atoms with E-state index in [9.17, 15) is 4.39 Å². The maximum Gasteiger partial charge on any atom is 0.143 e. The van der Waals surface area contributed by atoms with Crippen molar-refractivity contribution >= 4 is 17.3 Å². The van der Waals surface area contributed by atoms with Gasteiger partial charge in [-0.15, -0.1) is 0 Å². The zero-order valence-corrected chi connectivity index (χ0v) is 11.4. The van der Waals surface area contributed by atoms with E-state index in [0.717, 1.165) is 12.1 Å². The monoisotopic (exact) mass is 257 g/mol. The van der Waals surface area contributed by atoms with Crippen LogP contribution in [0.25, 0.3) is 0 Å². The van der Waals surface area contributed by atoms with Crippen LogP contribution in [0.4, 0.5) is 10.1 Å². The van der Waals surface area contributed by atoms with Crippen molar-refractivity contribution in [3.63, 3.8) is 0 Å². The van der Waals surface area contributed by atoms with E-state index >= 15 is 0 Å². The molecule has 0 saturated heterocycles. The molecule has 0 heterocycles. The Labute approximate surface area is 108 Å². The van der Waals surface area contributed by atoms with Crippen LogP contribution in [0.3, 0.4) is 0 Å². The Hall–Kier alpha value is -0.760. The SMILES string of the molecule is CCCCCCC(C)Nc1ccc(Cl)c(F)c1. The third-order valence-electron chi connectivity index (χ3n) is 2.82. The maximum absolute atomic E-state index is 13.2. The Morgan fingerprint density at radius 3 is 2.71 bits per heavy atom. The zero-order valence-electron chi connectivity index (χ0n) is 10.6. The average molecular weight is 258 g/mol. The smallest absolute Gasteiger partial charge is 0.143 e. The number of hydrogen-bond donors (Lipinski definition) is 1. The molecule has 0 aliphatic carbocycles. The summed E-state index contributed by atoms with van der Waals surface area (Å²) in [5.41, 5.74) is 0.801. The van der Waals surface area contributed by atoms with Crippen LogP contribution in [-0.4, -0.2) is 6.04 Å². The zero-order chi connectivity index (χ0) is 12.7. The second-order valence-electron chi connectivity index (χ2n) is 4.52. The van der Waals surface area contributed by atoms with Crippen molar-refractivity contribution < 1.29 is 4.39 Å². The molecule has 0 radical (unpaired) electrons. The molecule has 17 heavy (non-hydrogen) atoms. The van der Waals surface area contributed by atoms with Gasteiger partial charge in [0.1, 0.15) is 5.82 Å². The summed E-state index contributed by atoms with van der Waals surface area (Å²) in [7, 11) is 0. The molecule has 96 valence electrons. The van der Waals surface area contributed by atoms with Crippen LogP contribution in [0, 0.1) is 5.82 Å². The number of rotatable bonds is 7. The van der Waals surface area contributed by atoms with Gasteiger partial charge in [0, 0.05) is 11.7 Å². The molecule has 0 aliphatic heterocycles. The van der Waals surface area contributed by atoms with Gasteiger partial charge < -0.3 is 5.32 Å².